The number of ketones is 1. The van der Waals surface area contributed by atoms with Gasteiger partial charge in [-0.25, -0.2) is 0 Å². The van der Waals surface area contributed by atoms with E-state index in [9.17, 15) is 4.79 Å². The van der Waals surface area contributed by atoms with E-state index in [-0.39, 0.29) is 5.78 Å². The lowest BCUT2D eigenvalue weighted by Gasteiger charge is -2.05. The monoisotopic (exact) mass is 271 g/mol. The van der Waals surface area contributed by atoms with Crippen LogP contribution in [0.5, 0.6) is 0 Å². The molecule has 0 fully saturated rings. The molecule has 0 amide bonds. The van der Waals surface area contributed by atoms with Gasteiger partial charge in [-0.2, -0.15) is 0 Å². The minimum atomic E-state index is -0.0493. The quantitative estimate of drug-likeness (QED) is 0.410. The summed E-state index contributed by atoms with van der Waals surface area (Å²) in [4.78, 5) is 15.6. The first-order valence-electron chi connectivity index (χ1n) is 6.88. The Hall–Kier alpha value is -2.87. The molecule has 1 heterocycles. The molecule has 0 aliphatic carbocycles. The number of hydrogen-bond donors (Lipinski definition) is 1. The predicted molar refractivity (Wildman–Crippen MR) is 87.8 cm³/mol. The van der Waals surface area contributed by atoms with E-state index in [1.807, 2.05) is 30.3 Å². The second-order valence-corrected chi connectivity index (χ2v) is 5.13. The molecular weight excluding hydrogens is 258 g/mol. The summed E-state index contributed by atoms with van der Waals surface area (Å²) < 4.78 is 0. The normalized spacial score (nSPS) is 11.2. The number of H-pyrrole nitrogens is 1. The number of nitrogens with one attached hydrogen (secondary N) is 1. The molecule has 1 aromatic heterocycles. The van der Waals surface area contributed by atoms with Crippen LogP contribution in [-0.2, 0) is 0 Å². The van der Waals surface area contributed by atoms with Gasteiger partial charge in [-0.05, 0) is 17.5 Å². The van der Waals surface area contributed by atoms with Gasteiger partial charge in [-0.15, -0.1) is 0 Å². The van der Waals surface area contributed by atoms with Crippen molar-refractivity contribution in [2.24, 2.45) is 0 Å². The zero-order chi connectivity index (χ0) is 14.4. The fourth-order valence-electron chi connectivity index (χ4n) is 3.01. The Labute approximate surface area is 121 Å². The van der Waals surface area contributed by atoms with E-state index in [2.05, 4.69) is 35.8 Å². The molecule has 0 aliphatic heterocycles. The first-order chi connectivity index (χ1) is 10.3. The maximum absolute atomic E-state index is 12.2. The van der Waals surface area contributed by atoms with Crippen molar-refractivity contribution in [3.8, 4) is 0 Å². The maximum Gasteiger partial charge on any atom is 0.185 e. The Bertz CT molecular complexity index is 1020. The van der Waals surface area contributed by atoms with Gasteiger partial charge in [0.05, 0.1) is 5.52 Å². The van der Waals surface area contributed by atoms with Gasteiger partial charge >= 0.3 is 0 Å². The van der Waals surface area contributed by atoms with Crippen LogP contribution in [0.3, 0.4) is 0 Å². The lowest BCUT2D eigenvalue weighted by atomic mass is 9.98. The first-order valence-corrected chi connectivity index (χ1v) is 6.88. The summed E-state index contributed by atoms with van der Waals surface area (Å²) in [5.74, 6) is -0.0493. The fourth-order valence-corrected chi connectivity index (χ4v) is 3.01. The Kier molecular flexibility index (Phi) is 2.45. The average Bonchev–Trinajstić information content (AvgIpc) is 2.92. The van der Waals surface area contributed by atoms with Crippen LogP contribution < -0.4 is 0 Å². The van der Waals surface area contributed by atoms with E-state index in [0.717, 1.165) is 27.2 Å². The van der Waals surface area contributed by atoms with Gasteiger partial charge in [-0.1, -0.05) is 55.1 Å². The van der Waals surface area contributed by atoms with Crippen molar-refractivity contribution in [3.63, 3.8) is 0 Å². The van der Waals surface area contributed by atoms with Crippen LogP contribution in [0.15, 0.2) is 67.3 Å². The van der Waals surface area contributed by atoms with Crippen molar-refractivity contribution < 1.29 is 4.79 Å². The Morgan fingerprint density at radius 1 is 0.952 bits per heavy atom. The zero-order valence-corrected chi connectivity index (χ0v) is 11.4. The van der Waals surface area contributed by atoms with Crippen LogP contribution in [-0.4, -0.2) is 10.8 Å². The Morgan fingerprint density at radius 2 is 1.81 bits per heavy atom. The third kappa shape index (κ3) is 1.62. The average molecular weight is 271 g/mol. The number of rotatable bonds is 2. The zero-order valence-electron chi connectivity index (χ0n) is 11.4. The molecule has 2 heteroatoms. The van der Waals surface area contributed by atoms with E-state index in [4.69, 9.17) is 0 Å². The summed E-state index contributed by atoms with van der Waals surface area (Å²) in [6, 6.07) is 18.2. The number of carbonyl (C=O) groups excluding carboxylic acids is 1. The van der Waals surface area contributed by atoms with Gasteiger partial charge in [-0.3, -0.25) is 4.79 Å². The van der Waals surface area contributed by atoms with Crippen LogP contribution in [0, 0.1) is 0 Å². The molecule has 2 nitrogen and oxygen atoms in total. The standard InChI is InChI=1S/C19H13NO/c1-2-17(21)15-8-5-6-12-10-11-14-13-7-3-4-9-16(13)20-19(14)18(12)15/h2-11,20H,1H2. The number of allylic oxidation sites excluding steroid dienone is 1. The number of hydrogen-bond acceptors (Lipinski definition) is 1. The summed E-state index contributed by atoms with van der Waals surface area (Å²) in [5.41, 5.74) is 2.79. The molecule has 0 saturated carbocycles. The van der Waals surface area contributed by atoms with E-state index in [1.165, 1.54) is 11.5 Å². The molecule has 0 atom stereocenters. The lowest BCUT2D eigenvalue weighted by molar-refractivity contribution is 0.104. The van der Waals surface area contributed by atoms with Crippen LogP contribution >= 0.6 is 0 Å². The summed E-state index contributed by atoms with van der Waals surface area (Å²) in [5, 5.41) is 4.34. The predicted octanol–water partition coefficient (Wildman–Crippen LogP) is 4.84. The summed E-state index contributed by atoms with van der Waals surface area (Å²) in [6.07, 6.45) is 1.37. The number of fused-ring (bicyclic) bond motifs is 5. The second-order valence-electron chi connectivity index (χ2n) is 5.13. The largest absolute Gasteiger partial charge is 0.354 e. The molecule has 0 spiro atoms. The number of carbonyl (C=O) groups is 1. The van der Waals surface area contributed by atoms with Crippen LogP contribution in [0.2, 0.25) is 0 Å². The molecule has 0 bridgehead atoms. The topological polar surface area (TPSA) is 32.9 Å². The van der Waals surface area contributed by atoms with Gasteiger partial charge in [0.1, 0.15) is 0 Å². The molecule has 0 aliphatic rings. The number of benzene rings is 3. The van der Waals surface area contributed by atoms with Crippen LogP contribution in [0.1, 0.15) is 10.4 Å². The number of aromatic nitrogens is 1. The lowest BCUT2D eigenvalue weighted by Crippen LogP contribution is -1.95. The van der Waals surface area contributed by atoms with Crippen molar-refractivity contribution in [1.29, 1.82) is 0 Å². The molecule has 3 aromatic carbocycles. The highest BCUT2D eigenvalue weighted by Crippen LogP contribution is 2.33. The van der Waals surface area contributed by atoms with Gasteiger partial charge in [0.2, 0.25) is 0 Å². The number of para-hydroxylation sites is 1. The van der Waals surface area contributed by atoms with E-state index in [0.29, 0.717) is 5.56 Å². The van der Waals surface area contributed by atoms with Gasteiger partial charge in [0, 0.05) is 27.2 Å². The van der Waals surface area contributed by atoms with Crippen molar-refractivity contribution >= 4 is 38.4 Å². The smallest absolute Gasteiger partial charge is 0.185 e. The molecule has 1 N–H and O–H groups in total. The molecule has 100 valence electrons. The fraction of sp³-hybridized carbons (Fsp3) is 0. The van der Waals surface area contributed by atoms with E-state index in [1.54, 1.807) is 0 Å². The third-order valence-corrected chi connectivity index (χ3v) is 3.97. The van der Waals surface area contributed by atoms with Gasteiger partial charge < -0.3 is 4.98 Å². The molecule has 21 heavy (non-hydrogen) atoms. The van der Waals surface area contributed by atoms with Crippen molar-refractivity contribution in [2.45, 2.75) is 0 Å². The highest BCUT2D eigenvalue weighted by atomic mass is 16.1. The van der Waals surface area contributed by atoms with Gasteiger partial charge in [0.15, 0.2) is 5.78 Å². The Morgan fingerprint density at radius 3 is 2.67 bits per heavy atom. The molecule has 0 saturated heterocycles. The molecule has 0 radical (unpaired) electrons. The molecule has 0 unspecified atom stereocenters. The molecule has 4 rings (SSSR count). The molecule has 4 aromatic rings. The molecular formula is C19H13NO. The van der Waals surface area contributed by atoms with E-state index < -0.39 is 0 Å². The highest BCUT2D eigenvalue weighted by molar-refractivity contribution is 6.24. The highest BCUT2D eigenvalue weighted by Gasteiger charge is 2.13. The minimum absolute atomic E-state index is 0.0493. The third-order valence-electron chi connectivity index (χ3n) is 3.97. The van der Waals surface area contributed by atoms with E-state index >= 15 is 0 Å². The maximum atomic E-state index is 12.2. The van der Waals surface area contributed by atoms with Crippen molar-refractivity contribution in [2.75, 3.05) is 0 Å². The Balaban J connectivity index is 2.27. The van der Waals surface area contributed by atoms with Crippen LogP contribution in [0.25, 0.3) is 32.6 Å². The minimum Gasteiger partial charge on any atom is -0.354 e. The van der Waals surface area contributed by atoms with Crippen molar-refractivity contribution in [3.05, 3.63) is 72.8 Å². The SMILES string of the molecule is C=CC(=O)c1cccc2ccc3c4ccccc4[nH]c3c12. The van der Waals surface area contributed by atoms with Crippen LogP contribution in [0.4, 0.5) is 0 Å². The summed E-state index contributed by atoms with van der Waals surface area (Å²) in [7, 11) is 0. The van der Waals surface area contributed by atoms with Crippen molar-refractivity contribution in [1.82, 2.24) is 4.98 Å². The second kappa shape index (κ2) is 4.32. The summed E-state index contributed by atoms with van der Waals surface area (Å²) in [6.45, 7) is 3.61. The first kappa shape index (κ1) is 11.9. The van der Waals surface area contributed by atoms with Gasteiger partial charge in [0.25, 0.3) is 0 Å². The number of aromatic amines is 1. The summed E-state index contributed by atoms with van der Waals surface area (Å²) >= 11 is 0.